The number of nitrogens with one attached hydrogen (secondary N) is 1. The molecule has 0 bridgehead atoms. The molecule has 0 saturated carbocycles. The Morgan fingerprint density at radius 3 is 2.94 bits per heavy atom. The van der Waals surface area contributed by atoms with Gasteiger partial charge in [-0.05, 0) is 57.7 Å². The number of likely N-dealkylation sites (tertiary alicyclic amines) is 1. The van der Waals surface area contributed by atoms with Gasteiger partial charge in [-0.3, -0.25) is 4.90 Å². The fraction of sp³-hybridized carbons (Fsp3) is 1.00. The van der Waals surface area contributed by atoms with Gasteiger partial charge in [0.2, 0.25) is 0 Å². The van der Waals surface area contributed by atoms with Crippen LogP contribution < -0.4 is 5.32 Å². The molecule has 18 heavy (non-hydrogen) atoms. The quantitative estimate of drug-likeness (QED) is 0.833. The number of hydrogen-bond acceptors (Lipinski definition) is 3. The molecule has 106 valence electrons. The number of ether oxygens (including phenoxy) is 1. The Morgan fingerprint density at radius 1 is 1.22 bits per heavy atom. The van der Waals surface area contributed by atoms with E-state index in [4.69, 9.17) is 4.74 Å². The lowest BCUT2D eigenvalue weighted by Gasteiger charge is -2.40. The van der Waals surface area contributed by atoms with Crippen LogP contribution in [0.3, 0.4) is 0 Å². The third kappa shape index (κ3) is 3.94. The second kappa shape index (κ2) is 7.46. The molecule has 3 nitrogen and oxygen atoms in total. The van der Waals surface area contributed by atoms with Crippen LogP contribution >= 0.6 is 0 Å². The molecule has 0 amide bonds. The molecule has 2 aliphatic heterocycles. The fourth-order valence-corrected chi connectivity index (χ4v) is 3.27. The summed E-state index contributed by atoms with van der Waals surface area (Å²) in [7, 11) is 0. The first kappa shape index (κ1) is 14.3. The molecular weight excluding hydrogens is 224 g/mol. The van der Waals surface area contributed by atoms with Crippen molar-refractivity contribution in [2.75, 3.05) is 32.8 Å². The number of nitrogens with zero attached hydrogens (tertiary/aromatic N) is 1. The van der Waals surface area contributed by atoms with Crippen molar-refractivity contribution < 1.29 is 4.74 Å². The van der Waals surface area contributed by atoms with Crippen LogP contribution in [0.1, 0.15) is 46.0 Å². The summed E-state index contributed by atoms with van der Waals surface area (Å²) in [6.45, 7) is 10.2. The maximum atomic E-state index is 5.73. The van der Waals surface area contributed by atoms with Crippen LogP contribution in [-0.4, -0.2) is 49.8 Å². The van der Waals surface area contributed by atoms with Crippen molar-refractivity contribution in [2.45, 2.75) is 58.0 Å². The van der Waals surface area contributed by atoms with Crippen molar-refractivity contribution >= 4 is 0 Å². The Morgan fingerprint density at radius 2 is 2.11 bits per heavy atom. The smallest absolute Gasteiger partial charge is 0.0637 e. The zero-order valence-corrected chi connectivity index (χ0v) is 12.2. The van der Waals surface area contributed by atoms with E-state index in [1.165, 1.54) is 45.2 Å². The van der Waals surface area contributed by atoms with Crippen LogP contribution in [0.15, 0.2) is 0 Å². The van der Waals surface area contributed by atoms with Crippen LogP contribution in [0.5, 0.6) is 0 Å². The van der Waals surface area contributed by atoms with Crippen molar-refractivity contribution in [1.29, 1.82) is 0 Å². The molecule has 2 saturated heterocycles. The lowest BCUT2D eigenvalue weighted by molar-refractivity contribution is -0.00227. The van der Waals surface area contributed by atoms with Crippen LogP contribution in [0.4, 0.5) is 0 Å². The number of rotatable bonds is 4. The lowest BCUT2D eigenvalue weighted by Crippen LogP contribution is -2.55. The third-order valence-corrected chi connectivity index (χ3v) is 4.50. The predicted molar refractivity (Wildman–Crippen MR) is 75.9 cm³/mol. The molecule has 3 heteroatoms. The summed E-state index contributed by atoms with van der Waals surface area (Å²) in [5, 5.41) is 3.73. The van der Waals surface area contributed by atoms with E-state index in [0.717, 1.165) is 25.7 Å². The monoisotopic (exact) mass is 254 g/mol. The van der Waals surface area contributed by atoms with Gasteiger partial charge >= 0.3 is 0 Å². The normalized spacial score (nSPS) is 35.3. The summed E-state index contributed by atoms with van der Waals surface area (Å²) in [5.74, 6) is 0.904. The summed E-state index contributed by atoms with van der Waals surface area (Å²) in [4.78, 5) is 2.69. The SMILES string of the molecule is CCCNC1CCOCC1N1CCCC(C)CC1. The highest BCUT2D eigenvalue weighted by molar-refractivity contribution is 4.88. The van der Waals surface area contributed by atoms with E-state index in [1.807, 2.05) is 0 Å². The maximum Gasteiger partial charge on any atom is 0.0637 e. The van der Waals surface area contributed by atoms with Gasteiger partial charge in [0, 0.05) is 18.7 Å². The highest BCUT2D eigenvalue weighted by Crippen LogP contribution is 2.22. The molecule has 0 aliphatic carbocycles. The summed E-state index contributed by atoms with van der Waals surface area (Å²) < 4.78 is 5.73. The first-order chi connectivity index (χ1) is 8.81. The van der Waals surface area contributed by atoms with Gasteiger partial charge in [-0.1, -0.05) is 13.8 Å². The largest absolute Gasteiger partial charge is 0.380 e. The molecule has 2 rings (SSSR count). The van der Waals surface area contributed by atoms with Crippen LogP contribution in [0.2, 0.25) is 0 Å². The average Bonchev–Trinajstić information content (AvgIpc) is 2.61. The molecule has 0 aromatic rings. The Kier molecular flexibility index (Phi) is 5.93. The van der Waals surface area contributed by atoms with Gasteiger partial charge < -0.3 is 10.1 Å². The van der Waals surface area contributed by atoms with Gasteiger partial charge in [-0.25, -0.2) is 0 Å². The second-order valence-electron chi connectivity index (χ2n) is 6.06. The second-order valence-corrected chi connectivity index (χ2v) is 6.06. The Labute approximate surface area is 112 Å². The number of hydrogen-bond donors (Lipinski definition) is 1. The van der Waals surface area contributed by atoms with E-state index in [2.05, 4.69) is 24.1 Å². The zero-order chi connectivity index (χ0) is 12.8. The van der Waals surface area contributed by atoms with E-state index in [1.54, 1.807) is 0 Å². The minimum Gasteiger partial charge on any atom is -0.380 e. The van der Waals surface area contributed by atoms with Gasteiger partial charge in [-0.2, -0.15) is 0 Å². The van der Waals surface area contributed by atoms with E-state index in [9.17, 15) is 0 Å². The summed E-state index contributed by atoms with van der Waals surface area (Å²) in [6, 6.07) is 1.25. The average molecular weight is 254 g/mol. The third-order valence-electron chi connectivity index (χ3n) is 4.50. The van der Waals surface area contributed by atoms with Crippen LogP contribution in [0.25, 0.3) is 0 Å². The minimum atomic E-state index is 0.607. The molecule has 3 unspecified atom stereocenters. The van der Waals surface area contributed by atoms with Gasteiger partial charge in [0.15, 0.2) is 0 Å². The van der Waals surface area contributed by atoms with Crippen molar-refractivity contribution in [3.63, 3.8) is 0 Å². The summed E-state index contributed by atoms with van der Waals surface area (Å²) in [6.07, 6.45) is 6.52. The molecule has 2 aliphatic rings. The molecule has 0 radical (unpaired) electrons. The van der Waals surface area contributed by atoms with Crippen molar-refractivity contribution in [1.82, 2.24) is 10.2 Å². The van der Waals surface area contributed by atoms with E-state index in [0.29, 0.717) is 12.1 Å². The first-order valence-electron chi connectivity index (χ1n) is 7.86. The van der Waals surface area contributed by atoms with E-state index in [-0.39, 0.29) is 0 Å². The summed E-state index contributed by atoms with van der Waals surface area (Å²) >= 11 is 0. The molecule has 0 aromatic carbocycles. The van der Waals surface area contributed by atoms with Gasteiger partial charge in [0.1, 0.15) is 0 Å². The van der Waals surface area contributed by atoms with Crippen LogP contribution in [-0.2, 0) is 4.74 Å². The molecule has 2 fully saturated rings. The fourth-order valence-electron chi connectivity index (χ4n) is 3.27. The zero-order valence-electron chi connectivity index (χ0n) is 12.2. The minimum absolute atomic E-state index is 0.607. The van der Waals surface area contributed by atoms with Gasteiger partial charge in [0.25, 0.3) is 0 Å². The molecule has 1 N–H and O–H groups in total. The highest BCUT2D eigenvalue weighted by Gasteiger charge is 2.31. The maximum absolute atomic E-state index is 5.73. The lowest BCUT2D eigenvalue weighted by atomic mass is 10.0. The first-order valence-corrected chi connectivity index (χ1v) is 7.86. The Hall–Kier alpha value is -0.120. The molecule has 3 atom stereocenters. The van der Waals surface area contributed by atoms with E-state index < -0.39 is 0 Å². The molecule has 0 aromatic heterocycles. The highest BCUT2D eigenvalue weighted by atomic mass is 16.5. The Balaban J connectivity index is 1.90. The summed E-state index contributed by atoms with van der Waals surface area (Å²) in [5.41, 5.74) is 0. The van der Waals surface area contributed by atoms with Gasteiger partial charge in [0.05, 0.1) is 6.61 Å². The van der Waals surface area contributed by atoms with Crippen molar-refractivity contribution in [2.24, 2.45) is 5.92 Å². The topological polar surface area (TPSA) is 24.5 Å². The van der Waals surface area contributed by atoms with Crippen molar-refractivity contribution in [3.05, 3.63) is 0 Å². The molecule has 2 heterocycles. The predicted octanol–water partition coefficient (Wildman–Crippen LogP) is 2.27. The van der Waals surface area contributed by atoms with Crippen molar-refractivity contribution in [3.8, 4) is 0 Å². The van der Waals surface area contributed by atoms with E-state index >= 15 is 0 Å². The molecule has 0 spiro atoms. The van der Waals surface area contributed by atoms with Crippen LogP contribution in [0, 0.1) is 5.92 Å². The molecular formula is C15H30N2O. The standard InChI is InChI=1S/C15H30N2O/c1-3-8-16-14-7-11-18-12-15(14)17-9-4-5-13(2)6-10-17/h13-16H,3-12H2,1-2H3. The Bertz CT molecular complexity index is 235. The van der Waals surface area contributed by atoms with Gasteiger partial charge in [-0.15, -0.1) is 0 Å².